The van der Waals surface area contributed by atoms with Crippen LogP contribution in [0, 0.1) is 5.92 Å². The highest BCUT2D eigenvalue weighted by Gasteiger charge is 2.25. The molecule has 0 radical (unpaired) electrons. The van der Waals surface area contributed by atoms with Crippen LogP contribution in [0.1, 0.15) is 43.1 Å². The Kier molecular flexibility index (Phi) is 3.38. The number of esters is 1. The first-order chi connectivity index (χ1) is 9.63. The summed E-state index contributed by atoms with van der Waals surface area (Å²) >= 11 is 0. The largest absolute Gasteiger partial charge is 0.457 e. The normalized spacial score (nSPS) is 22.9. The van der Waals surface area contributed by atoms with Crippen LogP contribution in [0.2, 0.25) is 0 Å². The summed E-state index contributed by atoms with van der Waals surface area (Å²) in [5.74, 6) is 0.186. The van der Waals surface area contributed by atoms with Crippen molar-refractivity contribution in [3.05, 3.63) is 30.0 Å². The number of nitrogens with one attached hydrogen (secondary N) is 1. The summed E-state index contributed by atoms with van der Waals surface area (Å²) in [6.07, 6.45) is 4.54. The number of hydrogen-bond donors (Lipinski definition) is 2. The molecule has 1 aromatic carbocycles. The fourth-order valence-corrected chi connectivity index (χ4v) is 2.92. The van der Waals surface area contributed by atoms with Crippen LogP contribution in [-0.4, -0.2) is 17.1 Å². The van der Waals surface area contributed by atoms with Crippen molar-refractivity contribution in [1.29, 1.82) is 0 Å². The molecule has 4 nitrogen and oxygen atoms in total. The van der Waals surface area contributed by atoms with Gasteiger partial charge in [0, 0.05) is 16.6 Å². The van der Waals surface area contributed by atoms with Gasteiger partial charge in [-0.15, -0.1) is 0 Å². The zero-order valence-electron chi connectivity index (χ0n) is 11.7. The molecule has 2 atom stereocenters. The number of nitrogen functional groups attached to an aromatic ring is 1. The molecule has 106 valence electrons. The summed E-state index contributed by atoms with van der Waals surface area (Å²) in [6, 6.07) is 7.36. The molecule has 4 heteroatoms. The number of benzene rings is 1. The molecule has 0 spiro atoms. The van der Waals surface area contributed by atoms with E-state index in [9.17, 15) is 4.79 Å². The number of nitrogens with two attached hydrogens (primary N) is 1. The number of carbonyl (C=O) groups excluding carboxylic acids is 1. The summed E-state index contributed by atoms with van der Waals surface area (Å²) in [4.78, 5) is 15.3. The van der Waals surface area contributed by atoms with E-state index in [1.54, 1.807) is 0 Å². The summed E-state index contributed by atoms with van der Waals surface area (Å²) in [5, 5.41) is 0.939. The van der Waals surface area contributed by atoms with Crippen LogP contribution in [-0.2, 0) is 4.74 Å². The average molecular weight is 272 g/mol. The van der Waals surface area contributed by atoms with E-state index < -0.39 is 0 Å². The highest BCUT2D eigenvalue weighted by Crippen LogP contribution is 2.27. The van der Waals surface area contributed by atoms with Crippen molar-refractivity contribution in [2.24, 2.45) is 5.92 Å². The van der Waals surface area contributed by atoms with Crippen molar-refractivity contribution < 1.29 is 9.53 Å². The Labute approximate surface area is 118 Å². The molecule has 0 aliphatic heterocycles. The molecule has 3 rings (SSSR count). The average Bonchev–Trinajstić information content (AvgIpc) is 2.84. The molecule has 1 aliphatic carbocycles. The number of anilines is 1. The molecule has 0 saturated heterocycles. The van der Waals surface area contributed by atoms with E-state index in [-0.39, 0.29) is 12.1 Å². The fourth-order valence-electron chi connectivity index (χ4n) is 2.92. The molecule has 3 N–H and O–H groups in total. The predicted molar refractivity (Wildman–Crippen MR) is 79.5 cm³/mol. The lowest BCUT2D eigenvalue weighted by Gasteiger charge is -2.28. The van der Waals surface area contributed by atoms with Crippen molar-refractivity contribution in [2.75, 3.05) is 5.73 Å². The minimum Gasteiger partial charge on any atom is -0.457 e. The Bertz CT molecular complexity index is 632. The van der Waals surface area contributed by atoms with Gasteiger partial charge in [0.2, 0.25) is 0 Å². The van der Waals surface area contributed by atoms with E-state index in [0.717, 1.165) is 30.2 Å². The summed E-state index contributed by atoms with van der Waals surface area (Å²) in [7, 11) is 0. The Morgan fingerprint density at radius 2 is 2.10 bits per heavy atom. The molecule has 0 amide bonds. The van der Waals surface area contributed by atoms with Crippen molar-refractivity contribution in [1.82, 2.24) is 4.98 Å². The molecule has 2 aromatic rings. The maximum atomic E-state index is 12.2. The Balaban J connectivity index is 1.78. The summed E-state index contributed by atoms with van der Waals surface area (Å²) < 4.78 is 5.65. The highest BCUT2D eigenvalue weighted by molar-refractivity contribution is 5.95. The molecule has 20 heavy (non-hydrogen) atoms. The van der Waals surface area contributed by atoms with Crippen molar-refractivity contribution in [3.63, 3.8) is 0 Å². The van der Waals surface area contributed by atoms with Gasteiger partial charge in [0.15, 0.2) is 0 Å². The lowest BCUT2D eigenvalue weighted by molar-refractivity contribution is 0.00430. The van der Waals surface area contributed by atoms with Crippen LogP contribution >= 0.6 is 0 Å². The van der Waals surface area contributed by atoms with Gasteiger partial charge in [-0.25, -0.2) is 4.79 Å². The van der Waals surface area contributed by atoms with Gasteiger partial charge in [0.05, 0.1) is 0 Å². The first-order valence-corrected chi connectivity index (χ1v) is 7.23. The first kappa shape index (κ1) is 13.0. The molecule has 1 fully saturated rings. The SMILES string of the molecule is CC1CCCCC1OC(=O)c1cc2cc(N)ccc2[nH]1. The van der Waals surface area contributed by atoms with E-state index in [1.165, 1.54) is 6.42 Å². The fraction of sp³-hybridized carbons (Fsp3) is 0.438. The number of fused-ring (bicyclic) bond motifs is 1. The molecule has 1 saturated carbocycles. The quantitative estimate of drug-likeness (QED) is 0.649. The van der Waals surface area contributed by atoms with Crippen LogP contribution in [0.5, 0.6) is 0 Å². The molecule has 0 bridgehead atoms. The Hall–Kier alpha value is -1.97. The molecular weight excluding hydrogens is 252 g/mol. The van der Waals surface area contributed by atoms with Gasteiger partial charge >= 0.3 is 5.97 Å². The van der Waals surface area contributed by atoms with Crippen LogP contribution < -0.4 is 5.73 Å². The number of aromatic nitrogens is 1. The van der Waals surface area contributed by atoms with Gasteiger partial charge < -0.3 is 15.5 Å². The number of aromatic amines is 1. The topological polar surface area (TPSA) is 68.1 Å². The molecule has 1 heterocycles. The van der Waals surface area contributed by atoms with Crippen molar-refractivity contribution in [3.8, 4) is 0 Å². The minimum atomic E-state index is -0.265. The standard InChI is InChI=1S/C16H20N2O2/c1-10-4-2-3-5-15(10)20-16(19)14-9-11-8-12(17)6-7-13(11)18-14/h6-10,15,18H,2-5,17H2,1H3. The van der Waals surface area contributed by atoms with Crippen LogP contribution in [0.25, 0.3) is 10.9 Å². The smallest absolute Gasteiger partial charge is 0.355 e. The van der Waals surface area contributed by atoms with Crippen LogP contribution in [0.3, 0.4) is 0 Å². The van der Waals surface area contributed by atoms with Gasteiger partial charge in [0.25, 0.3) is 0 Å². The number of hydrogen-bond acceptors (Lipinski definition) is 3. The van der Waals surface area contributed by atoms with Crippen molar-refractivity contribution >= 4 is 22.6 Å². The highest BCUT2D eigenvalue weighted by atomic mass is 16.5. The number of rotatable bonds is 2. The second kappa shape index (κ2) is 5.19. The Morgan fingerprint density at radius 3 is 2.90 bits per heavy atom. The van der Waals surface area contributed by atoms with E-state index in [0.29, 0.717) is 17.3 Å². The number of ether oxygens (including phenoxy) is 1. The van der Waals surface area contributed by atoms with Gasteiger partial charge in [-0.1, -0.05) is 13.3 Å². The molecule has 1 aliphatic rings. The van der Waals surface area contributed by atoms with E-state index >= 15 is 0 Å². The maximum Gasteiger partial charge on any atom is 0.355 e. The lowest BCUT2D eigenvalue weighted by Crippen LogP contribution is -2.28. The Morgan fingerprint density at radius 1 is 1.30 bits per heavy atom. The number of H-pyrrole nitrogens is 1. The third kappa shape index (κ3) is 2.50. The molecule has 1 aromatic heterocycles. The second-order valence-corrected chi connectivity index (χ2v) is 5.74. The monoisotopic (exact) mass is 272 g/mol. The summed E-state index contributed by atoms with van der Waals surface area (Å²) in [5.41, 5.74) is 7.85. The van der Waals surface area contributed by atoms with E-state index in [2.05, 4.69) is 11.9 Å². The molecule has 2 unspecified atom stereocenters. The van der Waals surface area contributed by atoms with Crippen molar-refractivity contribution in [2.45, 2.75) is 38.7 Å². The van der Waals surface area contributed by atoms with E-state index in [4.69, 9.17) is 10.5 Å². The maximum absolute atomic E-state index is 12.2. The minimum absolute atomic E-state index is 0.0488. The second-order valence-electron chi connectivity index (χ2n) is 5.74. The summed E-state index contributed by atoms with van der Waals surface area (Å²) in [6.45, 7) is 2.16. The zero-order valence-corrected chi connectivity index (χ0v) is 11.7. The van der Waals surface area contributed by atoms with Gasteiger partial charge in [-0.2, -0.15) is 0 Å². The third-order valence-corrected chi connectivity index (χ3v) is 4.16. The van der Waals surface area contributed by atoms with Gasteiger partial charge in [-0.05, 0) is 49.4 Å². The zero-order chi connectivity index (χ0) is 14.1. The van der Waals surface area contributed by atoms with Crippen LogP contribution in [0.4, 0.5) is 5.69 Å². The number of carbonyl (C=O) groups is 1. The molecular formula is C16H20N2O2. The van der Waals surface area contributed by atoms with Crippen LogP contribution in [0.15, 0.2) is 24.3 Å². The first-order valence-electron chi connectivity index (χ1n) is 7.23. The lowest BCUT2D eigenvalue weighted by atomic mass is 9.88. The third-order valence-electron chi connectivity index (χ3n) is 4.16. The van der Waals surface area contributed by atoms with E-state index in [1.807, 2.05) is 24.3 Å². The van der Waals surface area contributed by atoms with Gasteiger partial charge in [-0.3, -0.25) is 0 Å². The predicted octanol–water partition coefficient (Wildman–Crippen LogP) is 3.49. The van der Waals surface area contributed by atoms with Gasteiger partial charge in [0.1, 0.15) is 11.8 Å².